The van der Waals surface area contributed by atoms with Crippen LogP contribution in [0.5, 0.6) is 5.88 Å². The average molecular weight is 463 g/mol. The lowest BCUT2D eigenvalue weighted by Gasteiger charge is -2.36. The fraction of sp³-hybridized carbons (Fsp3) is 0.318. The van der Waals surface area contributed by atoms with Gasteiger partial charge in [0.25, 0.3) is 0 Å². The van der Waals surface area contributed by atoms with Gasteiger partial charge in [-0.15, -0.1) is 0 Å². The van der Waals surface area contributed by atoms with E-state index in [0.717, 1.165) is 72.7 Å². The summed E-state index contributed by atoms with van der Waals surface area (Å²) in [6.07, 6.45) is 7.43. The normalized spacial score (nSPS) is 17.9. The Kier molecular flexibility index (Phi) is 4.83. The number of nitrogens with zero attached hydrogens (tertiary/aromatic N) is 7. The summed E-state index contributed by atoms with van der Waals surface area (Å²) in [4.78, 5) is 32.9. The Bertz CT molecular complexity index is 1480. The van der Waals surface area contributed by atoms with E-state index in [-0.39, 0.29) is 10.8 Å². The Balaban J connectivity index is 1.39. The van der Waals surface area contributed by atoms with Crippen LogP contribution in [0.3, 0.4) is 0 Å². The van der Waals surface area contributed by atoms with Gasteiger partial charge in [-0.1, -0.05) is 17.4 Å². The molecule has 0 unspecified atom stereocenters. The van der Waals surface area contributed by atoms with E-state index in [1.54, 1.807) is 16.8 Å². The minimum absolute atomic E-state index is 0.144. The Labute approximate surface area is 192 Å². The zero-order valence-corrected chi connectivity index (χ0v) is 18.6. The van der Waals surface area contributed by atoms with E-state index in [1.165, 1.54) is 0 Å². The lowest BCUT2D eigenvalue weighted by Crippen LogP contribution is -2.47. The molecule has 4 aromatic heterocycles. The third kappa shape index (κ3) is 3.95. The van der Waals surface area contributed by atoms with Crippen molar-refractivity contribution in [1.29, 1.82) is 0 Å². The van der Waals surface area contributed by atoms with Crippen LogP contribution >= 0.6 is 11.3 Å². The Hall–Kier alpha value is -3.73. The van der Waals surface area contributed by atoms with E-state index in [4.69, 9.17) is 9.98 Å². The zero-order valence-electron chi connectivity index (χ0n) is 17.8. The molecule has 168 valence electrons. The molecule has 1 aliphatic carbocycles. The largest absolute Gasteiger partial charge is 0.493 e. The lowest BCUT2D eigenvalue weighted by molar-refractivity contribution is 0.455. The summed E-state index contributed by atoms with van der Waals surface area (Å²) in [6.45, 7) is 3.33. The predicted molar refractivity (Wildman–Crippen MR) is 126 cm³/mol. The average Bonchev–Trinajstić information content (AvgIpc) is 3.47. The third-order valence-corrected chi connectivity index (χ3v) is 6.67. The van der Waals surface area contributed by atoms with Crippen LogP contribution < -0.4 is 25.4 Å². The van der Waals surface area contributed by atoms with Crippen LogP contribution in [0.15, 0.2) is 46.4 Å². The van der Waals surface area contributed by atoms with Crippen LogP contribution in [-0.2, 0) is 0 Å². The molecule has 1 saturated carbocycles. The topological polar surface area (TPSA) is 115 Å². The molecule has 4 aromatic rings. The van der Waals surface area contributed by atoms with E-state index in [1.807, 2.05) is 30.5 Å². The first-order valence-electron chi connectivity index (χ1n) is 10.9. The number of pyridine rings is 1. The number of thiazole rings is 1. The highest BCUT2D eigenvalue weighted by atomic mass is 32.1. The number of rotatable bonds is 4. The number of aromatic hydroxyl groups is 1. The van der Waals surface area contributed by atoms with E-state index in [2.05, 4.69) is 24.9 Å². The van der Waals surface area contributed by atoms with E-state index in [0.29, 0.717) is 16.6 Å². The number of fused-ring (bicyclic) bond motifs is 1. The van der Waals surface area contributed by atoms with Gasteiger partial charge in [-0.2, -0.15) is 9.61 Å². The van der Waals surface area contributed by atoms with Crippen LogP contribution in [0.25, 0.3) is 11.7 Å². The SMILES string of the molecule is O=c1[nH]c(O)c(/C=c2\cnn3c(=NC4CC4)cc(N4CCN(c5ccccn5)CC4)nc23)s1. The molecular weight excluding hydrogens is 440 g/mol. The molecule has 2 fully saturated rings. The fourth-order valence-corrected chi connectivity index (χ4v) is 4.66. The Morgan fingerprint density at radius 1 is 1.15 bits per heavy atom. The molecule has 10 nitrogen and oxygen atoms in total. The first-order chi connectivity index (χ1) is 16.1. The van der Waals surface area contributed by atoms with Gasteiger partial charge >= 0.3 is 4.87 Å². The number of nitrogens with one attached hydrogen (secondary N) is 1. The maximum Gasteiger partial charge on any atom is 0.307 e. The van der Waals surface area contributed by atoms with Crippen LogP contribution in [0.2, 0.25) is 0 Å². The Morgan fingerprint density at radius 2 is 1.94 bits per heavy atom. The second-order valence-corrected chi connectivity index (χ2v) is 9.22. The zero-order chi connectivity index (χ0) is 22.4. The molecule has 0 bridgehead atoms. The van der Waals surface area contributed by atoms with Gasteiger partial charge in [0.1, 0.15) is 11.6 Å². The minimum Gasteiger partial charge on any atom is -0.493 e. The lowest BCUT2D eigenvalue weighted by atomic mass is 10.3. The van der Waals surface area contributed by atoms with Crippen molar-refractivity contribution in [2.24, 2.45) is 4.99 Å². The summed E-state index contributed by atoms with van der Waals surface area (Å²) in [7, 11) is 0. The summed E-state index contributed by atoms with van der Waals surface area (Å²) < 4.78 is 1.74. The van der Waals surface area contributed by atoms with Gasteiger partial charge in [0.05, 0.1) is 17.1 Å². The minimum atomic E-state index is -0.306. The molecule has 1 aliphatic heterocycles. The predicted octanol–water partition coefficient (Wildman–Crippen LogP) is 0.517. The Morgan fingerprint density at radius 3 is 2.61 bits per heavy atom. The third-order valence-electron chi connectivity index (χ3n) is 5.85. The second-order valence-electron chi connectivity index (χ2n) is 8.20. The monoisotopic (exact) mass is 462 g/mol. The fourth-order valence-electron chi connectivity index (χ4n) is 3.97. The number of aromatic nitrogens is 5. The molecule has 0 spiro atoms. The molecule has 6 rings (SSSR count). The molecule has 2 aliphatic rings. The molecule has 0 radical (unpaired) electrons. The molecule has 1 saturated heterocycles. The van der Waals surface area contributed by atoms with Crippen LogP contribution in [0, 0.1) is 0 Å². The van der Waals surface area contributed by atoms with Crippen LogP contribution in [0.1, 0.15) is 17.7 Å². The molecule has 2 N–H and O–H groups in total. The maximum absolute atomic E-state index is 11.6. The van der Waals surface area contributed by atoms with Crippen molar-refractivity contribution in [3.05, 3.63) is 61.9 Å². The van der Waals surface area contributed by atoms with Gasteiger partial charge in [-0.3, -0.25) is 14.8 Å². The molecule has 5 heterocycles. The van der Waals surface area contributed by atoms with Gasteiger partial charge in [0.15, 0.2) is 11.1 Å². The summed E-state index contributed by atoms with van der Waals surface area (Å²) in [6, 6.07) is 8.30. The first-order valence-corrected chi connectivity index (χ1v) is 11.7. The van der Waals surface area contributed by atoms with Crippen molar-refractivity contribution >= 4 is 34.7 Å². The first kappa shape index (κ1) is 19.9. The quantitative estimate of drug-likeness (QED) is 0.454. The molecule has 0 atom stereocenters. The van der Waals surface area contributed by atoms with Crippen molar-refractivity contribution in [3.8, 4) is 5.88 Å². The highest BCUT2D eigenvalue weighted by molar-refractivity contribution is 7.10. The molecule has 0 amide bonds. The number of piperazine rings is 1. The molecule has 0 aromatic carbocycles. The van der Waals surface area contributed by atoms with Gasteiger partial charge in [-0.25, -0.2) is 9.97 Å². The van der Waals surface area contributed by atoms with Gasteiger partial charge in [-0.05, 0) is 31.1 Å². The van der Waals surface area contributed by atoms with Crippen LogP contribution in [0.4, 0.5) is 11.6 Å². The number of hydrogen-bond donors (Lipinski definition) is 2. The van der Waals surface area contributed by atoms with Gasteiger partial charge in [0, 0.05) is 43.7 Å². The van der Waals surface area contributed by atoms with Crippen molar-refractivity contribution < 1.29 is 5.11 Å². The van der Waals surface area contributed by atoms with E-state index in [9.17, 15) is 9.90 Å². The molecule has 33 heavy (non-hydrogen) atoms. The highest BCUT2D eigenvalue weighted by Crippen LogP contribution is 2.23. The van der Waals surface area contributed by atoms with E-state index < -0.39 is 0 Å². The second kappa shape index (κ2) is 8.00. The van der Waals surface area contributed by atoms with Crippen molar-refractivity contribution in [3.63, 3.8) is 0 Å². The molecular formula is C22H22N8O2S. The number of hydrogen-bond acceptors (Lipinski definition) is 9. The van der Waals surface area contributed by atoms with Crippen molar-refractivity contribution in [2.45, 2.75) is 18.9 Å². The smallest absolute Gasteiger partial charge is 0.307 e. The summed E-state index contributed by atoms with van der Waals surface area (Å²) >= 11 is 0.950. The number of aromatic amines is 1. The highest BCUT2D eigenvalue weighted by Gasteiger charge is 2.22. The summed E-state index contributed by atoms with van der Waals surface area (Å²) in [5.41, 5.74) is 1.43. The number of anilines is 2. The number of H-pyrrole nitrogens is 1. The van der Waals surface area contributed by atoms with Crippen molar-refractivity contribution in [1.82, 2.24) is 24.6 Å². The summed E-state index contributed by atoms with van der Waals surface area (Å²) in [5.74, 6) is 1.70. The van der Waals surface area contributed by atoms with E-state index >= 15 is 0 Å². The van der Waals surface area contributed by atoms with Gasteiger partial charge < -0.3 is 14.9 Å². The van der Waals surface area contributed by atoms with Crippen LogP contribution in [-0.4, -0.2) is 61.9 Å². The maximum atomic E-state index is 11.6. The summed E-state index contributed by atoms with van der Waals surface area (Å²) in [5, 5.41) is 15.2. The van der Waals surface area contributed by atoms with Crippen molar-refractivity contribution in [2.75, 3.05) is 36.0 Å². The molecule has 11 heteroatoms. The van der Waals surface area contributed by atoms with Gasteiger partial charge in [0.2, 0.25) is 5.88 Å². The standard InChI is InChI=1S/C22H22N8O2S/c31-21-16(33-22(32)27-21)11-14-13-24-30-19(25-15-4-5-15)12-18(26-20(14)30)29-9-7-28(8-10-29)17-3-1-2-6-23-17/h1-3,6,11-13,15,31H,4-5,7-10H2,(H,27,32)/b14-11+,25-19?.